The summed E-state index contributed by atoms with van der Waals surface area (Å²) in [5, 5.41) is 5.47. The Morgan fingerprint density at radius 3 is 2.31 bits per heavy atom. The molecule has 3 rings (SSSR count). The number of ether oxygens (including phenoxy) is 1. The lowest BCUT2D eigenvalue weighted by molar-refractivity contribution is -0.119. The predicted octanol–water partition coefficient (Wildman–Crippen LogP) is 3.47. The normalized spacial score (nSPS) is 14.7. The first-order chi connectivity index (χ1) is 15.3. The maximum absolute atomic E-state index is 12.7. The second-order valence-corrected chi connectivity index (χ2v) is 9.94. The maximum Gasteiger partial charge on any atom is 0.262 e. The fourth-order valence-corrected chi connectivity index (χ4v) is 4.78. The summed E-state index contributed by atoms with van der Waals surface area (Å²) in [6, 6.07) is 12.9. The third-order valence-electron chi connectivity index (χ3n) is 5.09. The van der Waals surface area contributed by atoms with Gasteiger partial charge in [0.2, 0.25) is 15.9 Å². The predicted molar refractivity (Wildman–Crippen MR) is 123 cm³/mol. The number of piperidine rings is 1. The van der Waals surface area contributed by atoms with Gasteiger partial charge in [-0.1, -0.05) is 26.3 Å². The number of rotatable bonds is 8. The first kappa shape index (κ1) is 23.7. The zero-order valence-electron chi connectivity index (χ0n) is 18.3. The van der Waals surface area contributed by atoms with Gasteiger partial charge in [0.25, 0.3) is 5.91 Å². The summed E-state index contributed by atoms with van der Waals surface area (Å²) >= 11 is 0. The third kappa shape index (κ3) is 6.30. The monoisotopic (exact) mass is 459 g/mol. The molecule has 172 valence electrons. The summed E-state index contributed by atoms with van der Waals surface area (Å²) in [6.45, 7) is 4.46. The van der Waals surface area contributed by atoms with Gasteiger partial charge in [0.15, 0.2) is 6.61 Å². The van der Waals surface area contributed by atoms with E-state index in [1.165, 1.54) is 16.4 Å². The molecule has 0 aliphatic carbocycles. The van der Waals surface area contributed by atoms with Gasteiger partial charge >= 0.3 is 0 Å². The zero-order chi connectivity index (χ0) is 23.1. The maximum atomic E-state index is 12.7. The van der Waals surface area contributed by atoms with Crippen molar-refractivity contribution in [3.05, 3.63) is 48.5 Å². The molecule has 8 nitrogen and oxygen atoms in total. The summed E-state index contributed by atoms with van der Waals surface area (Å²) in [7, 11) is -3.51. The highest BCUT2D eigenvalue weighted by molar-refractivity contribution is 7.89. The molecule has 2 amide bonds. The number of carbonyl (C=O) groups excluding carboxylic acids is 2. The molecule has 1 heterocycles. The van der Waals surface area contributed by atoms with Crippen LogP contribution in [0.5, 0.6) is 5.75 Å². The minimum Gasteiger partial charge on any atom is -0.484 e. The molecule has 0 bridgehead atoms. The van der Waals surface area contributed by atoms with E-state index in [1.54, 1.807) is 50.2 Å². The summed E-state index contributed by atoms with van der Waals surface area (Å²) in [5.41, 5.74) is 1.07. The molecule has 1 fully saturated rings. The van der Waals surface area contributed by atoms with Gasteiger partial charge in [0.05, 0.1) is 4.90 Å². The van der Waals surface area contributed by atoms with Crippen molar-refractivity contribution in [2.45, 2.75) is 38.0 Å². The van der Waals surface area contributed by atoms with E-state index in [0.717, 1.165) is 19.3 Å². The van der Waals surface area contributed by atoms with Crippen LogP contribution in [0.15, 0.2) is 53.4 Å². The number of carbonyl (C=O) groups is 2. The van der Waals surface area contributed by atoms with Gasteiger partial charge in [-0.05, 0) is 49.2 Å². The molecule has 0 spiro atoms. The summed E-state index contributed by atoms with van der Waals surface area (Å²) < 4.78 is 32.4. The standard InChI is InChI=1S/C23H29N3O5S/c1-17(2)23(28)25-19-7-6-8-20(15-19)31-16-22(27)24-18-9-11-21(12-10-18)32(29,30)26-13-4-3-5-14-26/h6-12,15,17H,3-5,13-14,16H2,1-2H3,(H,24,27)(H,25,28). The van der Waals surface area contributed by atoms with Crippen LogP contribution in [0.1, 0.15) is 33.1 Å². The number of anilines is 2. The van der Waals surface area contributed by atoms with Gasteiger partial charge in [-0.15, -0.1) is 0 Å². The van der Waals surface area contributed by atoms with Crippen molar-refractivity contribution in [1.29, 1.82) is 0 Å². The molecule has 0 saturated carbocycles. The molecule has 1 saturated heterocycles. The lowest BCUT2D eigenvalue weighted by Gasteiger charge is -2.25. The second-order valence-electron chi connectivity index (χ2n) is 8.00. The van der Waals surface area contributed by atoms with Crippen LogP contribution in [0.25, 0.3) is 0 Å². The van der Waals surface area contributed by atoms with E-state index >= 15 is 0 Å². The Kier molecular flexibility index (Phi) is 7.87. The van der Waals surface area contributed by atoms with Crippen LogP contribution in [-0.4, -0.2) is 44.2 Å². The number of amides is 2. The fraction of sp³-hybridized carbons (Fsp3) is 0.391. The largest absolute Gasteiger partial charge is 0.484 e. The van der Waals surface area contributed by atoms with Gasteiger partial charge in [0.1, 0.15) is 5.75 Å². The second kappa shape index (κ2) is 10.6. The summed E-state index contributed by atoms with van der Waals surface area (Å²) in [6.07, 6.45) is 2.80. The number of nitrogens with one attached hydrogen (secondary N) is 2. The average molecular weight is 460 g/mol. The van der Waals surface area contributed by atoms with E-state index < -0.39 is 10.0 Å². The molecule has 32 heavy (non-hydrogen) atoms. The van der Waals surface area contributed by atoms with Gasteiger partial charge in [0, 0.05) is 36.4 Å². The fourth-order valence-electron chi connectivity index (χ4n) is 3.26. The molecule has 2 aromatic rings. The molecular weight excluding hydrogens is 430 g/mol. The number of hydrogen-bond acceptors (Lipinski definition) is 5. The highest BCUT2D eigenvalue weighted by Gasteiger charge is 2.25. The van der Waals surface area contributed by atoms with Gasteiger partial charge in [-0.3, -0.25) is 9.59 Å². The molecule has 0 radical (unpaired) electrons. The molecule has 9 heteroatoms. The Morgan fingerprint density at radius 1 is 0.969 bits per heavy atom. The van der Waals surface area contributed by atoms with Crippen molar-refractivity contribution in [2.75, 3.05) is 30.3 Å². The van der Waals surface area contributed by atoms with Crippen LogP contribution < -0.4 is 15.4 Å². The summed E-state index contributed by atoms with van der Waals surface area (Å²) in [5.74, 6) is -0.185. The third-order valence-corrected chi connectivity index (χ3v) is 7.00. The van der Waals surface area contributed by atoms with Crippen LogP contribution in [-0.2, 0) is 19.6 Å². The van der Waals surface area contributed by atoms with Gasteiger partial charge < -0.3 is 15.4 Å². The Hall–Kier alpha value is -2.91. The molecule has 1 aliphatic rings. The lowest BCUT2D eigenvalue weighted by atomic mass is 10.2. The SMILES string of the molecule is CC(C)C(=O)Nc1cccc(OCC(=O)Nc2ccc(S(=O)(=O)N3CCCCC3)cc2)c1. The van der Waals surface area contributed by atoms with Crippen LogP contribution in [0.2, 0.25) is 0 Å². The first-order valence-corrected chi connectivity index (χ1v) is 12.1. The van der Waals surface area contributed by atoms with Crippen LogP contribution >= 0.6 is 0 Å². The minimum atomic E-state index is -3.51. The molecule has 1 aliphatic heterocycles. The Bertz CT molecular complexity index is 1050. The molecule has 0 atom stereocenters. The van der Waals surface area contributed by atoms with Gasteiger partial charge in [-0.25, -0.2) is 8.42 Å². The zero-order valence-corrected chi connectivity index (χ0v) is 19.2. The topological polar surface area (TPSA) is 105 Å². The van der Waals surface area contributed by atoms with Crippen molar-refractivity contribution in [2.24, 2.45) is 5.92 Å². The van der Waals surface area contributed by atoms with Crippen molar-refractivity contribution < 1.29 is 22.7 Å². The first-order valence-electron chi connectivity index (χ1n) is 10.7. The average Bonchev–Trinajstić information content (AvgIpc) is 2.79. The van der Waals surface area contributed by atoms with E-state index in [2.05, 4.69) is 10.6 Å². The smallest absolute Gasteiger partial charge is 0.262 e. The van der Waals surface area contributed by atoms with Crippen molar-refractivity contribution in [1.82, 2.24) is 4.31 Å². The molecule has 0 aromatic heterocycles. The van der Waals surface area contributed by atoms with Crippen LogP contribution in [0.3, 0.4) is 0 Å². The van der Waals surface area contributed by atoms with Crippen molar-refractivity contribution in [3.63, 3.8) is 0 Å². The van der Waals surface area contributed by atoms with Crippen molar-refractivity contribution in [3.8, 4) is 5.75 Å². The number of benzene rings is 2. The van der Waals surface area contributed by atoms with E-state index in [1.807, 2.05) is 0 Å². The highest BCUT2D eigenvalue weighted by atomic mass is 32.2. The van der Waals surface area contributed by atoms with E-state index in [-0.39, 0.29) is 29.2 Å². The number of sulfonamides is 1. The molecule has 0 unspecified atom stereocenters. The van der Waals surface area contributed by atoms with Crippen LogP contribution in [0, 0.1) is 5.92 Å². The van der Waals surface area contributed by atoms with Crippen molar-refractivity contribution >= 4 is 33.2 Å². The van der Waals surface area contributed by atoms with Gasteiger partial charge in [-0.2, -0.15) is 4.31 Å². The minimum absolute atomic E-state index is 0.106. The van der Waals surface area contributed by atoms with E-state index in [4.69, 9.17) is 4.74 Å². The van der Waals surface area contributed by atoms with Crippen LogP contribution in [0.4, 0.5) is 11.4 Å². The molecule has 2 N–H and O–H groups in total. The molecule has 2 aromatic carbocycles. The van der Waals surface area contributed by atoms with E-state index in [9.17, 15) is 18.0 Å². The lowest BCUT2D eigenvalue weighted by Crippen LogP contribution is -2.35. The molecular formula is C23H29N3O5S. The van der Waals surface area contributed by atoms with E-state index in [0.29, 0.717) is 30.2 Å². The Balaban J connectivity index is 1.54. The Labute approximate surface area is 189 Å². The Morgan fingerprint density at radius 2 is 1.66 bits per heavy atom. The number of hydrogen-bond donors (Lipinski definition) is 2. The quantitative estimate of drug-likeness (QED) is 0.629. The highest BCUT2D eigenvalue weighted by Crippen LogP contribution is 2.22. The number of nitrogens with zero attached hydrogens (tertiary/aromatic N) is 1. The summed E-state index contributed by atoms with van der Waals surface area (Å²) in [4.78, 5) is 24.3.